The van der Waals surface area contributed by atoms with Crippen molar-refractivity contribution in [2.24, 2.45) is 0 Å². The molecule has 0 aliphatic carbocycles. The van der Waals surface area contributed by atoms with Gasteiger partial charge in [-0.3, -0.25) is 4.79 Å². The summed E-state index contributed by atoms with van der Waals surface area (Å²) in [4.78, 5) is 12.1. The minimum atomic E-state index is -0.133. The summed E-state index contributed by atoms with van der Waals surface area (Å²) in [5.41, 5.74) is 1.07. The van der Waals surface area contributed by atoms with Crippen LogP contribution in [0.1, 0.15) is 5.56 Å². The lowest BCUT2D eigenvalue weighted by Gasteiger charge is -2.09. The van der Waals surface area contributed by atoms with Crippen molar-refractivity contribution in [3.63, 3.8) is 0 Å². The van der Waals surface area contributed by atoms with Gasteiger partial charge in [-0.1, -0.05) is 66.7 Å². The molecule has 0 bridgehead atoms. The Kier molecular flexibility index (Phi) is 4.52. The van der Waals surface area contributed by atoms with Crippen molar-refractivity contribution in [2.75, 3.05) is 6.61 Å². The van der Waals surface area contributed by atoms with Crippen molar-refractivity contribution in [1.29, 1.82) is 0 Å². The van der Waals surface area contributed by atoms with E-state index in [0.717, 1.165) is 16.3 Å². The Bertz CT molecular complexity index is 986. The van der Waals surface area contributed by atoms with Crippen LogP contribution in [0.5, 0.6) is 5.75 Å². The number of carbonyl (C=O) groups excluding carboxylic acids is 1. The Morgan fingerprint density at radius 2 is 1.35 bits per heavy atom. The van der Waals surface area contributed by atoms with Crippen LogP contribution in [0.4, 0.5) is 0 Å². The van der Waals surface area contributed by atoms with Gasteiger partial charge >= 0.3 is 0 Å². The molecule has 0 spiro atoms. The molecule has 3 heteroatoms. The van der Waals surface area contributed by atoms with Crippen LogP contribution >= 0.6 is 0 Å². The van der Waals surface area contributed by atoms with Crippen LogP contribution in [0.15, 0.2) is 84.9 Å². The van der Waals surface area contributed by atoms with E-state index in [1.54, 1.807) is 0 Å². The largest absolute Gasteiger partial charge is 0.484 e. The molecule has 4 rings (SSSR count). The first-order chi connectivity index (χ1) is 12.8. The summed E-state index contributed by atoms with van der Waals surface area (Å²) in [7, 11) is 0. The Morgan fingerprint density at radius 3 is 2.08 bits per heavy atom. The maximum atomic E-state index is 12.1. The highest BCUT2D eigenvalue weighted by atomic mass is 16.5. The van der Waals surface area contributed by atoms with Crippen LogP contribution in [0, 0.1) is 0 Å². The van der Waals surface area contributed by atoms with Crippen molar-refractivity contribution < 1.29 is 9.53 Å². The number of carbonyl (C=O) groups is 1. The van der Waals surface area contributed by atoms with Gasteiger partial charge in [0.05, 0.1) is 0 Å². The first kappa shape index (κ1) is 16.2. The second-order valence-corrected chi connectivity index (χ2v) is 6.26. The van der Waals surface area contributed by atoms with E-state index in [4.69, 9.17) is 4.74 Å². The third-order valence-electron chi connectivity index (χ3n) is 4.39. The number of hydrogen-bond donors (Lipinski definition) is 1. The number of fused-ring (bicyclic) bond motifs is 2. The Hall–Kier alpha value is -3.33. The van der Waals surface area contributed by atoms with Crippen LogP contribution in [0.25, 0.3) is 21.5 Å². The average Bonchev–Trinajstić information content (AvgIpc) is 2.70. The van der Waals surface area contributed by atoms with Crippen LogP contribution in [-0.4, -0.2) is 12.5 Å². The fraction of sp³-hybridized carbons (Fsp3) is 0.0870. The van der Waals surface area contributed by atoms with Gasteiger partial charge in [0, 0.05) is 6.54 Å². The molecule has 0 unspecified atom stereocenters. The highest BCUT2D eigenvalue weighted by Crippen LogP contribution is 2.20. The fourth-order valence-electron chi connectivity index (χ4n) is 3.01. The maximum absolute atomic E-state index is 12.1. The van der Waals surface area contributed by atoms with E-state index >= 15 is 0 Å². The average molecular weight is 341 g/mol. The molecular weight excluding hydrogens is 322 g/mol. The molecule has 0 aliphatic rings. The van der Waals surface area contributed by atoms with Crippen LogP contribution < -0.4 is 10.1 Å². The van der Waals surface area contributed by atoms with E-state index < -0.39 is 0 Å². The molecule has 0 radical (unpaired) electrons. The molecule has 0 aliphatic heterocycles. The number of amides is 1. The van der Waals surface area contributed by atoms with Crippen LogP contribution in [-0.2, 0) is 11.3 Å². The van der Waals surface area contributed by atoms with E-state index in [9.17, 15) is 4.79 Å². The number of rotatable bonds is 5. The summed E-state index contributed by atoms with van der Waals surface area (Å²) in [6.07, 6.45) is 0. The Morgan fingerprint density at radius 1 is 0.731 bits per heavy atom. The zero-order chi connectivity index (χ0) is 17.8. The normalized spacial score (nSPS) is 10.8. The summed E-state index contributed by atoms with van der Waals surface area (Å²) in [6, 6.07) is 28.3. The smallest absolute Gasteiger partial charge is 0.258 e. The van der Waals surface area contributed by atoms with Gasteiger partial charge in [0.1, 0.15) is 5.75 Å². The number of benzene rings is 4. The van der Waals surface area contributed by atoms with Crippen molar-refractivity contribution in [3.05, 3.63) is 90.5 Å². The quantitative estimate of drug-likeness (QED) is 0.572. The lowest BCUT2D eigenvalue weighted by molar-refractivity contribution is -0.123. The summed E-state index contributed by atoms with van der Waals surface area (Å²) >= 11 is 0. The zero-order valence-electron chi connectivity index (χ0n) is 14.3. The van der Waals surface area contributed by atoms with Gasteiger partial charge in [0.25, 0.3) is 5.91 Å². The van der Waals surface area contributed by atoms with Gasteiger partial charge in [0.15, 0.2) is 6.61 Å². The van der Waals surface area contributed by atoms with Crippen molar-refractivity contribution in [2.45, 2.75) is 6.54 Å². The zero-order valence-corrected chi connectivity index (χ0v) is 14.3. The minimum absolute atomic E-state index is 0.00587. The lowest BCUT2D eigenvalue weighted by atomic mass is 10.1. The van der Waals surface area contributed by atoms with Crippen molar-refractivity contribution >= 4 is 27.5 Å². The highest BCUT2D eigenvalue weighted by Gasteiger charge is 2.04. The molecule has 4 aromatic rings. The van der Waals surface area contributed by atoms with E-state index in [2.05, 4.69) is 35.6 Å². The fourth-order valence-corrected chi connectivity index (χ4v) is 3.01. The maximum Gasteiger partial charge on any atom is 0.258 e. The second-order valence-electron chi connectivity index (χ2n) is 6.26. The third kappa shape index (κ3) is 3.67. The van der Waals surface area contributed by atoms with Gasteiger partial charge < -0.3 is 10.1 Å². The molecule has 1 amide bonds. The molecule has 4 aromatic carbocycles. The molecule has 128 valence electrons. The van der Waals surface area contributed by atoms with Gasteiger partial charge in [0.2, 0.25) is 0 Å². The first-order valence-electron chi connectivity index (χ1n) is 8.64. The molecule has 0 atom stereocenters. The van der Waals surface area contributed by atoms with E-state index in [1.165, 1.54) is 10.8 Å². The Balaban J connectivity index is 1.34. The second kappa shape index (κ2) is 7.28. The molecule has 0 fully saturated rings. The van der Waals surface area contributed by atoms with Crippen molar-refractivity contribution in [3.8, 4) is 5.75 Å². The number of hydrogen-bond acceptors (Lipinski definition) is 2. The predicted octanol–water partition coefficient (Wildman–Crippen LogP) is 4.69. The standard InChI is InChI=1S/C23H19NO2/c25-23(16-26-22-12-11-19-6-2-4-8-21(19)14-22)24-15-17-9-10-18-5-1-3-7-20(18)13-17/h1-14H,15-16H2,(H,24,25). The van der Waals surface area contributed by atoms with Crippen LogP contribution in [0.2, 0.25) is 0 Å². The Labute approximate surface area is 152 Å². The van der Waals surface area contributed by atoms with Crippen LogP contribution in [0.3, 0.4) is 0 Å². The third-order valence-corrected chi connectivity index (χ3v) is 4.39. The van der Waals surface area contributed by atoms with Gasteiger partial charge in [-0.15, -0.1) is 0 Å². The number of ether oxygens (including phenoxy) is 1. The van der Waals surface area contributed by atoms with Crippen molar-refractivity contribution in [1.82, 2.24) is 5.32 Å². The molecule has 1 N–H and O–H groups in total. The van der Waals surface area contributed by atoms with Gasteiger partial charge in [-0.2, -0.15) is 0 Å². The first-order valence-corrected chi connectivity index (χ1v) is 8.64. The topological polar surface area (TPSA) is 38.3 Å². The van der Waals surface area contributed by atoms with E-state index in [-0.39, 0.29) is 12.5 Å². The highest BCUT2D eigenvalue weighted by molar-refractivity contribution is 5.84. The van der Waals surface area contributed by atoms with E-state index in [1.807, 2.05) is 54.6 Å². The lowest BCUT2D eigenvalue weighted by Crippen LogP contribution is -2.28. The molecule has 0 saturated carbocycles. The predicted molar refractivity (Wildman–Crippen MR) is 105 cm³/mol. The van der Waals surface area contributed by atoms with E-state index in [0.29, 0.717) is 12.3 Å². The molecular formula is C23H19NO2. The molecule has 3 nitrogen and oxygen atoms in total. The monoisotopic (exact) mass is 341 g/mol. The molecule has 0 aromatic heterocycles. The SMILES string of the molecule is O=C(COc1ccc2ccccc2c1)NCc1ccc2ccccc2c1. The molecule has 26 heavy (non-hydrogen) atoms. The molecule has 0 saturated heterocycles. The summed E-state index contributed by atoms with van der Waals surface area (Å²) in [5, 5.41) is 7.53. The van der Waals surface area contributed by atoms with Gasteiger partial charge in [-0.25, -0.2) is 0 Å². The molecule has 0 heterocycles. The number of nitrogens with one attached hydrogen (secondary N) is 1. The summed E-state index contributed by atoms with van der Waals surface area (Å²) in [5.74, 6) is 0.566. The summed E-state index contributed by atoms with van der Waals surface area (Å²) < 4.78 is 5.62. The van der Waals surface area contributed by atoms with Gasteiger partial charge in [-0.05, 0) is 45.3 Å². The minimum Gasteiger partial charge on any atom is -0.484 e. The summed E-state index contributed by atoms with van der Waals surface area (Å²) in [6.45, 7) is 0.497.